The molecule has 3 aromatic carbocycles. The average Bonchev–Trinajstić information content (AvgIpc) is 3.21. The number of oxime groups is 1. The highest BCUT2D eigenvalue weighted by molar-refractivity contribution is 6.03. The topological polar surface area (TPSA) is 162 Å². The molecule has 0 aromatic heterocycles. The van der Waals surface area contributed by atoms with E-state index in [2.05, 4.69) is 17.8 Å². The number of halogens is 1. The molecule has 6 atom stereocenters. The monoisotopic (exact) mass is 787 g/mol. The van der Waals surface area contributed by atoms with Gasteiger partial charge in [0.15, 0.2) is 0 Å². The highest BCUT2D eigenvalue weighted by Gasteiger charge is 2.65. The zero-order valence-electron chi connectivity index (χ0n) is 32.3. The predicted molar refractivity (Wildman–Crippen MR) is 209 cm³/mol. The quantitative estimate of drug-likeness (QED) is 0.0558. The van der Waals surface area contributed by atoms with Gasteiger partial charge in [-0.3, -0.25) is 15.0 Å². The average molecular weight is 788 g/mol. The summed E-state index contributed by atoms with van der Waals surface area (Å²) in [6.07, 6.45) is 7.55. The van der Waals surface area contributed by atoms with E-state index < -0.39 is 34.6 Å². The number of fused-ring (bicyclic) bond motifs is 2. The number of ether oxygens (including phenoxy) is 4. The largest absolute Gasteiger partial charge is 0.459 e. The number of allylic oxidation sites excluding steroid dienone is 1. The van der Waals surface area contributed by atoms with Gasteiger partial charge in [-0.1, -0.05) is 48.3 Å². The highest BCUT2D eigenvalue weighted by atomic mass is 19.1. The van der Waals surface area contributed by atoms with Gasteiger partial charge in [0.25, 0.3) is 5.69 Å². The van der Waals surface area contributed by atoms with Gasteiger partial charge in [0, 0.05) is 43.7 Å². The summed E-state index contributed by atoms with van der Waals surface area (Å²) in [5.74, 6) is -1.68. The fourth-order valence-electron chi connectivity index (χ4n) is 8.82. The summed E-state index contributed by atoms with van der Waals surface area (Å²) in [5.41, 5.74) is 2.80. The first kappa shape index (κ1) is 41.3. The van der Waals surface area contributed by atoms with Crippen LogP contribution in [0.15, 0.2) is 96.2 Å². The van der Waals surface area contributed by atoms with E-state index in [0.717, 1.165) is 36.8 Å². The van der Waals surface area contributed by atoms with Crippen LogP contribution in [0.4, 0.5) is 14.9 Å². The first-order valence-corrected chi connectivity index (χ1v) is 19.3. The molecule has 0 bridgehead atoms. The Bertz CT molecular complexity index is 1960. The smallest absolute Gasteiger partial charge is 0.410 e. The molecule has 1 saturated carbocycles. The van der Waals surface area contributed by atoms with Crippen LogP contribution in [0.1, 0.15) is 62.0 Å². The van der Waals surface area contributed by atoms with Crippen LogP contribution in [0, 0.1) is 33.7 Å². The third-order valence-electron chi connectivity index (χ3n) is 11.2. The van der Waals surface area contributed by atoms with Crippen molar-refractivity contribution in [1.82, 2.24) is 4.90 Å². The summed E-state index contributed by atoms with van der Waals surface area (Å²) < 4.78 is 39.8. The van der Waals surface area contributed by atoms with Crippen LogP contribution in [0.25, 0.3) is 0 Å². The molecule has 6 rings (SSSR count). The Morgan fingerprint density at radius 2 is 1.79 bits per heavy atom. The fraction of sp³-hybridized carbons (Fsp3) is 0.442. The number of nitrogens with zero attached hydrogens (tertiary/aromatic N) is 3. The number of rotatable bonds is 18. The third kappa shape index (κ3) is 8.83. The van der Waals surface area contributed by atoms with Crippen molar-refractivity contribution in [3.05, 3.63) is 118 Å². The van der Waals surface area contributed by atoms with Gasteiger partial charge in [-0.15, -0.1) is 6.58 Å². The molecule has 0 unspecified atom stereocenters. The Labute approximate surface area is 331 Å². The van der Waals surface area contributed by atoms with E-state index >= 15 is 0 Å². The van der Waals surface area contributed by atoms with E-state index in [9.17, 15) is 29.5 Å². The van der Waals surface area contributed by atoms with Crippen molar-refractivity contribution < 1.29 is 48.1 Å². The molecule has 304 valence electrons. The van der Waals surface area contributed by atoms with Gasteiger partial charge in [-0.25, -0.2) is 9.18 Å². The molecule has 3 aromatic rings. The maximum Gasteiger partial charge on any atom is 0.410 e. The lowest BCUT2D eigenvalue weighted by atomic mass is 9.55. The second-order valence-corrected chi connectivity index (χ2v) is 14.5. The number of hydrogen-bond donors (Lipinski definition) is 2. The van der Waals surface area contributed by atoms with Crippen molar-refractivity contribution in [2.24, 2.45) is 22.9 Å². The van der Waals surface area contributed by atoms with Crippen molar-refractivity contribution in [2.75, 3.05) is 34.0 Å². The van der Waals surface area contributed by atoms with Crippen molar-refractivity contribution in [2.45, 2.75) is 69.2 Å². The van der Waals surface area contributed by atoms with Crippen LogP contribution in [-0.2, 0) is 20.9 Å². The Kier molecular flexibility index (Phi) is 13.6. The van der Waals surface area contributed by atoms with Gasteiger partial charge >= 0.3 is 6.09 Å². The lowest BCUT2D eigenvalue weighted by Crippen LogP contribution is -2.70. The van der Waals surface area contributed by atoms with Gasteiger partial charge in [0.1, 0.15) is 36.2 Å². The van der Waals surface area contributed by atoms with Gasteiger partial charge in [0.05, 0.1) is 36.3 Å². The SMILES string of the molecule is C=CCO[C@@]12Oc3ccc(Oc4cccc([N+](=O)[O-])c4)cc3[C@H]3[C@H](CCCCO)[C@@H](CCCCO)C=C(C(=NOC)C[C@@H]1N(Cc1ccc(F)cc1)C(=O)OC)[C@H]32. The van der Waals surface area contributed by atoms with Gasteiger partial charge in [-0.05, 0) is 85.1 Å². The number of carbonyl (C=O) groups excluding carboxylic acids is 1. The summed E-state index contributed by atoms with van der Waals surface area (Å²) in [5, 5.41) is 35.8. The second-order valence-electron chi connectivity index (χ2n) is 14.5. The molecule has 2 N–H and O–H groups in total. The number of benzene rings is 3. The minimum atomic E-state index is -1.54. The minimum Gasteiger partial charge on any atom is -0.459 e. The zero-order valence-corrected chi connectivity index (χ0v) is 32.3. The molecular formula is C43H50FN3O10. The maximum absolute atomic E-state index is 14.1. The summed E-state index contributed by atoms with van der Waals surface area (Å²) in [4.78, 5) is 32.1. The second kappa shape index (κ2) is 18.8. The summed E-state index contributed by atoms with van der Waals surface area (Å²) >= 11 is 0. The van der Waals surface area contributed by atoms with Crippen molar-refractivity contribution in [3.63, 3.8) is 0 Å². The minimum absolute atomic E-state index is 0.00502. The highest BCUT2D eigenvalue weighted by Crippen LogP contribution is 2.62. The van der Waals surface area contributed by atoms with Gasteiger partial charge < -0.3 is 34.0 Å². The first-order chi connectivity index (χ1) is 27.7. The molecule has 1 amide bonds. The molecule has 57 heavy (non-hydrogen) atoms. The molecule has 14 heteroatoms. The molecule has 1 heterocycles. The van der Waals surface area contributed by atoms with E-state index in [1.165, 1.54) is 43.4 Å². The number of aliphatic hydroxyl groups is 2. The molecule has 2 aliphatic carbocycles. The summed E-state index contributed by atoms with van der Waals surface area (Å²) in [6.45, 7) is 4.14. The number of nitro benzene ring substituents is 1. The van der Waals surface area contributed by atoms with E-state index in [1.807, 2.05) is 6.07 Å². The standard InChI is InChI=1S/C43H50FN3O10/c1-4-22-55-43-39(46(42(50)53-2)27-28-14-16-30(44)17-15-28)26-37(45-54-3)35-23-29(10-5-7-20-48)34(13-6-8-21-49)40(41(35)43)36-25-33(18-19-38(36)57-43)56-32-12-9-11-31(24-32)47(51)52/h4,9,11-12,14-19,23-25,29,34,39-41,48-49H,1,5-8,10,13,20-22,26-27H2,2-3H3/t29-,34+,39-,40+,41+,43+/m0/s1. The van der Waals surface area contributed by atoms with E-state index in [4.69, 9.17) is 23.8 Å². The zero-order chi connectivity index (χ0) is 40.5. The van der Waals surface area contributed by atoms with Gasteiger partial charge in [-0.2, -0.15) is 0 Å². The number of amides is 1. The molecule has 1 aliphatic heterocycles. The number of non-ortho nitro benzene ring substituents is 1. The Hall–Kier alpha value is -5.31. The van der Waals surface area contributed by atoms with Gasteiger partial charge in [0.2, 0.25) is 5.79 Å². The van der Waals surface area contributed by atoms with Crippen LogP contribution in [0.5, 0.6) is 17.2 Å². The summed E-state index contributed by atoms with van der Waals surface area (Å²) in [6, 6.07) is 16.4. The number of methoxy groups -OCH3 is 1. The van der Waals surface area contributed by atoms with Crippen molar-refractivity contribution >= 4 is 17.5 Å². The lowest BCUT2D eigenvalue weighted by Gasteiger charge is -2.59. The molecular weight excluding hydrogens is 737 g/mol. The van der Waals surface area contributed by atoms with E-state index in [-0.39, 0.29) is 62.0 Å². The normalized spacial score (nSPS) is 24.0. The first-order valence-electron chi connectivity index (χ1n) is 19.3. The Balaban J connectivity index is 1.58. The number of nitro groups is 1. The van der Waals surface area contributed by atoms with E-state index in [0.29, 0.717) is 35.6 Å². The van der Waals surface area contributed by atoms with Crippen LogP contribution in [-0.4, -0.2) is 77.7 Å². The molecule has 1 fully saturated rings. The van der Waals surface area contributed by atoms with Crippen molar-refractivity contribution in [1.29, 1.82) is 0 Å². The number of carbonyl (C=O) groups is 1. The molecule has 3 aliphatic rings. The van der Waals surface area contributed by atoms with E-state index in [1.54, 1.807) is 42.5 Å². The van der Waals surface area contributed by atoms with Crippen LogP contribution >= 0.6 is 0 Å². The third-order valence-corrected chi connectivity index (χ3v) is 11.2. The number of aliphatic hydroxyl groups excluding tert-OH is 2. The fourth-order valence-corrected chi connectivity index (χ4v) is 8.82. The molecule has 13 nitrogen and oxygen atoms in total. The van der Waals surface area contributed by atoms with Crippen LogP contribution < -0.4 is 9.47 Å². The van der Waals surface area contributed by atoms with Crippen LogP contribution in [0.3, 0.4) is 0 Å². The predicted octanol–water partition coefficient (Wildman–Crippen LogP) is 8.06. The van der Waals surface area contributed by atoms with Crippen molar-refractivity contribution in [3.8, 4) is 17.2 Å². The Morgan fingerprint density at radius 3 is 2.47 bits per heavy atom. The van der Waals surface area contributed by atoms with Crippen LogP contribution in [0.2, 0.25) is 0 Å². The maximum atomic E-state index is 14.1. The summed E-state index contributed by atoms with van der Waals surface area (Å²) in [7, 11) is 2.77. The lowest BCUT2D eigenvalue weighted by molar-refractivity contribution is -0.384. The molecule has 0 radical (unpaired) electrons. The molecule has 0 saturated heterocycles. The number of unbranched alkanes of at least 4 members (excludes halogenated alkanes) is 2. The number of hydrogen-bond acceptors (Lipinski definition) is 11. The Morgan fingerprint density at radius 1 is 1.05 bits per heavy atom. The molecule has 0 spiro atoms.